The van der Waals surface area contributed by atoms with Crippen LogP contribution in [0.5, 0.6) is 0 Å². The molecule has 0 aromatic heterocycles. The quantitative estimate of drug-likeness (QED) is 0.565. The molecular weight excluding hydrogens is 264 g/mol. The Morgan fingerprint density at radius 2 is 1.32 bits per heavy atom. The van der Waals surface area contributed by atoms with Crippen LogP contribution in [-0.2, 0) is 6.42 Å². The van der Waals surface area contributed by atoms with E-state index < -0.39 is 0 Å². The summed E-state index contributed by atoms with van der Waals surface area (Å²) in [5.74, 6) is 0. The molecule has 0 heteroatoms. The molecular formula is C22H22. The van der Waals surface area contributed by atoms with Gasteiger partial charge in [-0.15, -0.1) is 0 Å². The number of benzene rings is 3. The standard InChI is InChI=1S/C22H22/c1-16-8-11-19(12-9-16)15-20-13-10-17(2)14-22(20)21-7-5-4-6-18(21)3/h4-14H,15H2,1-3H3. The first-order valence-corrected chi connectivity index (χ1v) is 7.84. The zero-order valence-corrected chi connectivity index (χ0v) is 13.6. The van der Waals surface area contributed by atoms with Gasteiger partial charge in [0.2, 0.25) is 0 Å². The molecule has 0 aliphatic rings. The lowest BCUT2D eigenvalue weighted by Gasteiger charge is -2.13. The second kappa shape index (κ2) is 6.19. The van der Waals surface area contributed by atoms with E-state index >= 15 is 0 Å². The van der Waals surface area contributed by atoms with Gasteiger partial charge in [-0.3, -0.25) is 0 Å². The maximum Gasteiger partial charge on any atom is -0.00196 e. The highest BCUT2D eigenvalue weighted by Crippen LogP contribution is 2.29. The first kappa shape index (κ1) is 14.6. The maximum absolute atomic E-state index is 2.31. The summed E-state index contributed by atoms with van der Waals surface area (Å²) in [5, 5.41) is 0. The molecule has 0 nitrogen and oxygen atoms in total. The monoisotopic (exact) mass is 286 g/mol. The Kier molecular flexibility index (Phi) is 4.11. The van der Waals surface area contributed by atoms with Crippen LogP contribution in [0.3, 0.4) is 0 Å². The van der Waals surface area contributed by atoms with Crippen molar-refractivity contribution in [2.24, 2.45) is 0 Å². The highest BCUT2D eigenvalue weighted by atomic mass is 14.1. The Morgan fingerprint density at radius 1 is 0.636 bits per heavy atom. The van der Waals surface area contributed by atoms with Gasteiger partial charge in [0.1, 0.15) is 0 Å². The lowest BCUT2D eigenvalue weighted by atomic mass is 9.91. The summed E-state index contributed by atoms with van der Waals surface area (Å²) < 4.78 is 0. The van der Waals surface area contributed by atoms with Gasteiger partial charge in [-0.05, 0) is 55.0 Å². The second-order valence-electron chi connectivity index (χ2n) is 6.14. The topological polar surface area (TPSA) is 0 Å². The van der Waals surface area contributed by atoms with Crippen LogP contribution in [0.2, 0.25) is 0 Å². The first-order chi connectivity index (χ1) is 10.6. The van der Waals surface area contributed by atoms with Crippen molar-refractivity contribution in [1.82, 2.24) is 0 Å². The Labute approximate surface area is 133 Å². The van der Waals surface area contributed by atoms with E-state index in [-0.39, 0.29) is 0 Å². The van der Waals surface area contributed by atoms with E-state index in [1.165, 1.54) is 38.9 Å². The van der Waals surface area contributed by atoms with Crippen molar-refractivity contribution in [1.29, 1.82) is 0 Å². The molecule has 110 valence electrons. The predicted octanol–water partition coefficient (Wildman–Crippen LogP) is 5.87. The summed E-state index contributed by atoms with van der Waals surface area (Å²) in [4.78, 5) is 0. The lowest BCUT2D eigenvalue weighted by molar-refractivity contribution is 1.18. The van der Waals surface area contributed by atoms with E-state index in [1.54, 1.807) is 0 Å². The fourth-order valence-corrected chi connectivity index (χ4v) is 2.90. The molecule has 0 atom stereocenters. The van der Waals surface area contributed by atoms with E-state index in [4.69, 9.17) is 0 Å². The van der Waals surface area contributed by atoms with Crippen LogP contribution in [0.15, 0.2) is 66.7 Å². The first-order valence-electron chi connectivity index (χ1n) is 7.84. The minimum atomic E-state index is 0.976. The van der Waals surface area contributed by atoms with Gasteiger partial charge in [-0.25, -0.2) is 0 Å². The van der Waals surface area contributed by atoms with Crippen molar-refractivity contribution in [3.63, 3.8) is 0 Å². The Bertz CT molecular complexity index is 779. The number of rotatable bonds is 3. The fraction of sp³-hybridized carbons (Fsp3) is 0.182. The fourth-order valence-electron chi connectivity index (χ4n) is 2.90. The SMILES string of the molecule is Cc1ccc(Cc2ccc(C)cc2-c2ccccc2C)cc1. The zero-order chi connectivity index (χ0) is 15.5. The van der Waals surface area contributed by atoms with Crippen molar-refractivity contribution in [3.8, 4) is 11.1 Å². The van der Waals surface area contributed by atoms with Crippen LogP contribution >= 0.6 is 0 Å². The zero-order valence-electron chi connectivity index (χ0n) is 13.6. The molecule has 0 fully saturated rings. The molecule has 0 aliphatic heterocycles. The lowest BCUT2D eigenvalue weighted by Crippen LogP contribution is -1.95. The Hall–Kier alpha value is -2.34. The molecule has 0 N–H and O–H groups in total. The summed E-state index contributed by atoms with van der Waals surface area (Å²) in [6.07, 6.45) is 0.976. The molecule has 0 heterocycles. The van der Waals surface area contributed by atoms with Crippen LogP contribution in [0.25, 0.3) is 11.1 Å². The van der Waals surface area contributed by atoms with Gasteiger partial charge < -0.3 is 0 Å². The second-order valence-corrected chi connectivity index (χ2v) is 6.14. The number of hydrogen-bond donors (Lipinski definition) is 0. The van der Waals surface area contributed by atoms with Gasteiger partial charge in [0.25, 0.3) is 0 Å². The largest absolute Gasteiger partial charge is 0.0620 e. The number of hydrogen-bond acceptors (Lipinski definition) is 0. The summed E-state index contributed by atoms with van der Waals surface area (Å²) in [6.45, 7) is 6.49. The van der Waals surface area contributed by atoms with Crippen molar-refractivity contribution in [2.45, 2.75) is 27.2 Å². The van der Waals surface area contributed by atoms with Gasteiger partial charge in [0.05, 0.1) is 0 Å². The minimum absolute atomic E-state index is 0.976. The predicted molar refractivity (Wildman–Crippen MR) is 95.3 cm³/mol. The molecule has 0 spiro atoms. The molecule has 0 saturated carbocycles. The highest BCUT2D eigenvalue weighted by molar-refractivity contribution is 5.71. The molecule has 3 aromatic rings. The van der Waals surface area contributed by atoms with Crippen LogP contribution in [-0.4, -0.2) is 0 Å². The van der Waals surface area contributed by atoms with Crippen molar-refractivity contribution >= 4 is 0 Å². The molecule has 3 rings (SSSR count). The molecule has 0 aliphatic carbocycles. The molecule has 0 bridgehead atoms. The van der Waals surface area contributed by atoms with Crippen LogP contribution in [0.4, 0.5) is 0 Å². The van der Waals surface area contributed by atoms with Gasteiger partial charge in [-0.1, -0.05) is 77.9 Å². The van der Waals surface area contributed by atoms with E-state index in [2.05, 4.69) is 87.5 Å². The van der Waals surface area contributed by atoms with Gasteiger partial charge in [-0.2, -0.15) is 0 Å². The van der Waals surface area contributed by atoms with Crippen LogP contribution in [0, 0.1) is 20.8 Å². The van der Waals surface area contributed by atoms with Gasteiger partial charge in [0.15, 0.2) is 0 Å². The smallest absolute Gasteiger partial charge is 0.00196 e. The Morgan fingerprint density at radius 3 is 2.05 bits per heavy atom. The summed E-state index contributed by atoms with van der Waals surface area (Å²) >= 11 is 0. The average molecular weight is 286 g/mol. The third kappa shape index (κ3) is 3.12. The molecule has 22 heavy (non-hydrogen) atoms. The van der Waals surface area contributed by atoms with Crippen LogP contribution < -0.4 is 0 Å². The molecule has 0 radical (unpaired) electrons. The third-order valence-corrected chi connectivity index (χ3v) is 4.22. The van der Waals surface area contributed by atoms with E-state index in [9.17, 15) is 0 Å². The van der Waals surface area contributed by atoms with Crippen molar-refractivity contribution < 1.29 is 0 Å². The molecule has 0 amide bonds. The third-order valence-electron chi connectivity index (χ3n) is 4.22. The molecule has 0 unspecified atom stereocenters. The summed E-state index contributed by atoms with van der Waals surface area (Å²) in [5.41, 5.74) is 9.41. The summed E-state index contributed by atoms with van der Waals surface area (Å²) in [6, 6.07) is 24.3. The van der Waals surface area contributed by atoms with Crippen molar-refractivity contribution in [3.05, 3.63) is 94.5 Å². The molecule has 3 aromatic carbocycles. The summed E-state index contributed by atoms with van der Waals surface area (Å²) in [7, 11) is 0. The average Bonchev–Trinajstić information content (AvgIpc) is 2.52. The minimum Gasteiger partial charge on any atom is -0.0620 e. The van der Waals surface area contributed by atoms with Crippen LogP contribution in [0.1, 0.15) is 27.8 Å². The normalized spacial score (nSPS) is 10.7. The maximum atomic E-state index is 2.31. The van der Waals surface area contributed by atoms with Crippen molar-refractivity contribution in [2.75, 3.05) is 0 Å². The van der Waals surface area contributed by atoms with E-state index in [1.807, 2.05) is 0 Å². The molecule has 0 saturated heterocycles. The number of aryl methyl sites for hydroxylation is 3. The van der Waals surface area contributed by atoms with E-state index in [0.29, 0.717) is 0 Å². The van der Waals surface area contributed by atoms with E-state index in [0.717, 1.165) is 6.42 Å². The van der Waals surface area contributed by atoms with Gasteiger partial charge in [0, 0.05) is 0 Å². The van der Waals surface area contributed by atoms with Gasteiger partial charge >= 0.3 is 0 Å². The Balaban J connectivity index is 2.05. The highest BCUT2D eigenvalue weighted by Gasteiger charge is 2.08.